The zero-order valence-corrected chi connectivity index (χ0v) is 13.0. The molecule has 1 amide bonds. The van der Waals surface area contributed by atoms with Crippen molar-refractivity contribution in [3.63, 3.8) is 0 Å². The highest BCUT2D eigenvalue weighted by atomic mass is 35.5. The highest BCUT2D eigenvalue weighted by molar-refractivity contribution is 6.45. The largest absolute Gasteiger partial charge is 0.412 e. The molecular formula is C13H8Cl3N3O3. The Morgan fingerprint density at radius 1 is 1.09 bits per heavy atom. The third-order valence-corrected chi connectivity index (χ3v) is 3.63. The summed E-state index contributed by atoms with van der Waals surface area (Å²) in [5, 5.41) is 0.855. The van der Waals surface area contributed by atoms with Crippen LogP contribution in [0.1, 0.15) is 10.5 Å². The lowest BCUT2D eigenvalue weighted by Crippen LogP contribution is -2.19. The van der Waals surface area contributed by atoms with Gasteiger partial charge >= 0.3 is 12.1 Å². The molecule has 1 aromatic carbocycles. The lowest BCUT2D eigenvalue weighted by molar-refractivity contribution is 0.0632. The van der Waals surface area contributed by atoms with Crippen LogP contribution in [0, 0.1) is 0 Å². The van der Waals surface area contributed by atoms with E-state index in [1.807, 2.05) is 0 Å². The van der Waals surface area contributed by atoms with E-state index in [0.29, 0.717) is 16.1 Å². The molecule has 0 atom stereocenters. The second-order valence-corrected chi connectivity index (χ2v) is 5.31. The summed E-state index contributed by atoms with van der Waals surface area (Å²) >= 11 is 18.0. The molecule has 22 heavy (non-hydrogen) atoms. The van der Waals surface area contributed by atoms with Gasteiger partial charge in [-0.3, -0.25) is 0 Å². The number of benzene rings is 1. The molecule has 114 valence electrons. The molecule has 4 N–H and O–H groups in total. The molecular weight excluding hydrogens is 353 g/mol. The summed E-state index contributed by atoms with van der Waals surface area (Å²) in [6, 6.07) is 5.83. The number of halogens is 3. The summed E-state index contributed by atoms with van der Waals surface area (Å²) in [4.78, 5) is 25.9. The number of rotatable bonds is 2. The highest BCUT2D eigenvalue weighted by Gasteiger charge is 2.17. The lowest BCUT2D eigenvalue weighted by Gasteiger charge is -2.10. The Hall–Kier alpha value is -2.02. The standard InChI is InChI=1S/C13H8Cl3N3O3/c14-5-3-7(10(16)8(15)4-5)6-1-2-9(19-11(6)17)12(20)22-13(18)21/h1-4H,(H2,17,19)(H2,18,21). The number of pyridine rings is 1. The smallest absolute Gasteiger partial charge is 0.383 e. The van der Waals surface area contributed by atoms with Crippen LogP contribution >= 0.6 is 34.8 Å². The van der Waals surface area contributed by atoms with Gasteiger partial charge in [-0.15, -0.1) is 0 Å². The number of nitrogens with zero attached hydrogens (tertiary/aromatic N) is 1. The summed E-state index contributed by atoms with van der Waals surface area (Å²) in [6.07, 6.45) is -1.24. The number of nitrogens with two attached hydrogens (primary N) is 2. The first kappa shape index (κ1) is 16.4. The maximum Gasteiger partial charge on any atom is 0.412 e. The van der Waals surface area contributed by atoms with E-state index in [4.69, 9.17) is 46.3 Å². The van der Waals surface area contributed by atoms with Gasteiger partial charge in [0.25, 0.3) is 0 Å². The van der Waals surface area contributed by atoms with Crippen LogP contribution in [0.4, 0.5) is 10.6 Å². The van der Waals surface area contributed by atoms with E-state index in [1.54, 1.807) is 6.07 Å². The van der Waals surface area contributed by atoms with Crippen LogP contribution in [-0.4, -0.2) is 17.0 Å². The molecule has 9 heteroatoms. The zero-order chi connectivity index (χ0) is 16.4. The minimum atomic E-state index is -1.24. The Morgan fingerprint density at radius 3 is 2.36 bits per heavy atom. The lowest BCUT2D eigenvalue weighted by atomic mass is 10.1. The van der Waals surface area contributed by atoms with Crippen LogP contribution in [0.3, 0.4) is 0 Å². The Labute approximate surface area is 139 Å². The number of amides is 1. The Bertz CT molecular complexity index is 781. The van der Waals surface area contributed by atoms with Crippen LogP contribution < -0.4 is 11.5 Å². The third-order valence-electron chi connectivity index (χ3n) is 2.61. The van der Waals surface area contributed by atoms with Gasteiger partial charge in [-0.05, 0) is 24.3 Å². The molecule has 0 aliphatic heterocycles. The molecule has 0 aliphatic rings. The second-order valence-electron chi connectivity index (χ2n) is 4.09. The zero-order valence-electron chi connectivity index (χ0n) is 10.8. The van der Waals surface area contributed by atoms with Crippen molar-refractivity contribution in [3.8, 4) is 11.1 Å². The van der Waals surface area contributed by atoms with E-state index in [0.717, 1.165) is 0 Å². The van der Waals surface area contributed by atoms with Crippen molar-refractivity contribution in [2.24, 2.45) is 5.73 Å². The average Bonchev–Trinajstić information content (AvgIpc) is 2.42. The third kappa shape index (κ3) is 3.41. The van der Waals surface area contributed by atoms with E-state index >= 15 is 0 Å². The van der Waals surface area contributed by atoms with Gasteiger partial charge in [-0.25, -0.2) is 14.6 Å². The van der Waals surface area contributed by atoms with Crippen LogP contribution in [-0.2, 0) is 4.74 Å². The van der Waals surface area contributed by atoms with E-state index in [1.165, 1.54) is 18.2 Å². The summed E-state index contributed by atoms with van der Waals surface area (Å²) in [7, 11) is 0. The minimum absolute atomic E-state index is 0.0147. The molecule has 1 aromatic heterocycles. The van der Waals surface area contributed by atoms with Crippen LogP contribution in [0.25, 0.3) is 11.1 Å². The van der Waals surface area contributed by atoms with Gasteiger partial charge in [-0.2, -0.15) is 0 Å². The van der Waals surface area contributed by atoms with Crippen molar-refractivity contribution in [1.29, 1.82) is 0 Å². The number of aromatic nitrogens is 1. The van der Waals surface area contributed by atoms with E-state index in [-0.39, 0.29) is 21.6 Å². The number of hydrogen-bond acceptors (Lipinski definition) is 5. The first-order chi connectivity index (χ1) is 10.3. The summed E-state index contributed by atoms with van der Waals surface area (Å²) in [5.41, 5.74) is 11.3. The van der Waals surface area contributed by atoms with Gasteiger partial charge in [0.1, 0.15) is 5.82 Å². The van der Waals surface area contributed by atoms with Crippen LogP contribution in [0.5, 0.6) is 0 Å². The minimum Gasteiger partial charge on any atom is -0.383 e. The van der Waals surface area contributed by atoms with Crippen molar-refractivity contribution >= 4 is 52.7 Å². The molecule has 1 heterocycles. The number of hydrogen-bond donors (Lipinski definition) is 2. The maximum absolute atomic E-state index is 11.5. The fourth-order valence-electron chi connectivity index (χ4n) is 1.71. The molecule has 0 fully saturated rings. The first-order valence-electron chi connectivity index (χ1n) is 5.72. The number of carbonyl (C=O) groups excluding carboxylic acids is 2. The number of primary amides is 1. The Morgan fingerprint density at radius 2 is 1.77 bits per heavy atom. The average molecular weight is 361 g/mol. The maximum atomic E-state index is 11.5. The van der Waals surface area contributed by atoms with Crippen molar-refractivity contribution in [3.05, 3.63) is 45.0 Å². The second kappa shape index (κ2) is 6.39. The fraction of sp³-hybridized carbons (Fsp3) is 0. The SMILES string of the molecule is NC(=O)OC(=O)c1ccc(-c2cc(Cl)cc(Cl)c2Cl)c(N)n1. The molecule has 0 aliphatic carbocycles. The monoisotopic (exact) mass is 359 g/mol. The van der Waals surface area contributed by atoms with Crippen molar-refractivity contribution in [2.45, 2.75) is 0 Å². The molecule has 0 radical (unpaired) electrons. The summed E-state index contributed by atoms with van der Waals surface area (Å²) < 4.78 is 4.21. The molecule has 0 saturated carbocycles. The normalized spacial score (nSPS) is 10.3. The molecule has 0 unspecified atom stereocenters. The molecule has 0 bridgehead atoms. The Kier molecular flexibility index (Phi) is 4.75. The number of nitrogen functional groups attached to an aromatic ring is 1. The quantitative estimate of drug-likeness (QED) is 0.484. The summed E-state index contributed by atoms with van der Waals surface area (Å²) in [6.45, 7) is 0. The van der Waals surface area contributed by atoms with Crippen molar-refractivity contribution < 1.29 is 14.3 Å². The predicted molar refractivity (Wildman–Crippen MR) is 84.1 cm³/mol. The molecule has 0 spiro atoms. The van der Waals surface area contributed by atoms with Gasteiger partial charge in [0.05, 0.1) is 10.0 Å². The molecule has 2 rings (SSSR count). The molecule has 0 saturated heterocycles. The van der Waals surface area contributed by atoms with E-state index in [2.05, 4.69) is 9.72 Å². The number of carbonyl (C=O) groups is 2. The Balaban J connectivity index is 2.47. The van der Waals surface area contributed by atoms with Crippen molar-refractivity contribution in [1.82, 2.24) is 4.98 Å². The van der Waals surface area contributed by atoms with Gasteiger partial charge in [0.15, 0.2) is 5.69 Å². The molecule has 2 aromatic rings. The summed E-state index contributed by atoms with van der Waals surface area (Å²) in [5.74, 6) is -1.03. The van der Waals surface area contributed by atoms with Gasteiger partial charge < -0.3 is 16.2 Å². The van der Waals surface area contributed by atoms with Crippen LogP contribution in [0.15, 0.2) is 24.3 Å². The predicted octanol–water partition coefficient (Wildman–Crippen LogP) is 3.53. The topological polar surface area (TPSA) is 108 Å². The number of anilines is 1. The highest BCUT2D eigenvalue weighted by Crippen LogP contribution is 2.38. The van der Waals surface area contributed by atoms with Gasteiger partial charge in [-0.1, -0.05) is 34.8 Å². The first-order valence-corrected chi connectivity index (χ1v) is 6.86. The van der Waals surface area contributed by atoms with E-state index < -0.39 is 12.1 Å². The van der Waals surface area contributed by atoms with Crippen LogP contribution in [0.2, 0.25) is 15.1 Å². The van der Waals surface area contributed by atoms with Gasteiger partial charge in [0.2, 0.25) is 0 Å². The van der Waals surface area contributed by atoms with Crippen molar-refractivity contribution in [2.75, 3.05) is 5.73 Å². The van der Waals surface area contributed by atoms with E-state index in [9.17, 15) is 9.59 Å². The molecule has 6 nitrogen and oxygen atoms in total. The number of esters is 1. The van der Waals surface area contributed by atoms with Gasteiger partial charge in [0, 0.05) is 16.1 Å². The number of ether oxygens (including phenoxy) is 1. The fourth-order valence-corrected chi connectivity index (χ4v) is 2.42.